The third kappa shape index (κ3) is 2.79. The van der Waals surface area contributed by atoms with Crippen LogP contribution in [0.3, 0.4) is 0 Å². The molecule has 5 heteroatoms. The summed E-state index contributed by atoms with van der Waals surface area (Å²) >= 11 is 6.42. The van der Waals surface area contributed by atoms with E-state index in [-0.39, 0.29) is 11.7 Å². The van der Waals surface area contributed by atoms with Gasteiger partial charge in [0.2, 0.25) is 0 Å². The molecule has 18 heavy (non-hydrogen) atoms. The summed E-state index contributed by atoms with van der Waals surface area (Å²) < 4.78 is 13.6. The molecule has 1 saturated heterocycles. The summed E-state index contributed by atoms with van der Waals surface area (Å²) in [6, 6.07) is 6.15. The van der Waals surface area contributed by atoms with Crippen molar-refractivity contribution in [3.63, 3.8) is 0 Å². The predicted octanol–water partition coefficient (Wildman–Crippen LogP) is 3.44. The molecule has 1 aliphatic heterocycles. The third-order valence-electron chi connectivity index (χ3n) is 2.47. The summed E-state index contributed by atoms with van der Waals surface area (Å²) in [6.45, 7) is 2.62. The standard InChI is InChI=1S/C13H12FNOS2/c1-2-6-15-12(16)11(18-13(15)17)8-9-4-3-5-10(14)7-9/h3-5,7-8H,2,6H2,1H3/b11-8-. The highest BCUT2D eigenvalue weighted by Crippen LogP contribution is 2.32. The van der Waals surface area contributed by atoms with Crippen molar-refractivity contribution in [1.29, 1.82) is 0 Å². The van der Waals surface area contributed by atoms with Crippen LogP contribution in [-0.2, 0) is 4.79 Å². The number of nitrogens with zero attached hydrogens (tertiary/aromatic N) is 1. The van der Waals surface area contributed by atoms with Gasteiger partial charge < -0.3 is 0 Å². The molecule has 1 aromatic rings. The molecule has 94 valence electrons. The maximum atomic E-state index is 13.1. The van der Waals surface area contributed by atoms with Crippen LogP contribution in [0.25, 0.3) is 6.08 Å². The Hall–Kier alpha value is -1.20. The third-order valence-corrected chi connectivity index (χ3v) is 3.85. The minimum Gasteiger partial charge on any atom is -0.293 e. The monoisotopic (exact) mass is 281 g/mol. The van der Waals surface area contributed by atoms with E-state index in [9.17, 15) is 9.18 Å². The number of halogens is 1. The first-order chi connectivity index (χ1) is 8.61. The van der Waals surface area contributed by atoms with Crippen LogP contribution in [0.4, 0.5) is 4.39 Å². The fraction of sp³-hybridized carbons (Fsp3) is 0.231. The number of thioether (sulfide) groups is 1. The first-order valence-electron chi connectivity index (χ1n) is 5.62. The Balaban J connectivity index is 2.25. The zero-order valence-corrected chi connectivity index (χ0v) is 11.5. The Kier molecular flexibility index (Phi) is 4.14. The molecule has 0 aliphatic carbocycles. The molecule has 1 amide bonds. The van der Waals surface area contributed by atoms with Gasteiger partial charge in [0.25, 0.3) is 5.91 Å². The fourth-order valence-electron chi connectivity index (χ4n) is 1.66. The number of rotatable bonds is 3. The van der Waals surface area contributed by atoms with E-state index in [0.29, 0.717) is 21.3 Å². The van der Waals surface area contributed by atoms with Gasteiger partial charge in [-0.15, -0.1) is 0 Å². The van der Waals surface area contributed by atoms with Gasteiger partial charge in [0, 0.05) is 6.54 Å². The lowest BCUT2D eigenvalue weighted by Gasteiger charge is -2.11. The average Bonchev–Trinajstić information content (AvgIpc) is 2.57. The zero-order chi connectivity index (χ0) is 13.1. The molecule has 0 aromatic heterocycles. The summed E-state index contributed by atoms with van der Waals surface area (Å²) in [5.41, 5.74) is 0.673. The summed E-state index contributed by atoms with van der Waals surface area (Å²) in [4.78, 5) is 14.2. The van der Waals surface area contributed by atoms with Gasteiger partial charge in [-0.1, -0.05) is 43.0 Å². The topological polar surface area (TPSA) is 20.3 Å². The average molecular weight is 281 g/mol. The van der Waals surface area contributed by atoms with E-state index >= 15 is 0 Å². The van der Waals surface area contributed by atoms with Crippen LogP contribution < -0.4 is 0 Å². The lowest BCUT2D eigenvalue weighted by molar-refractivity contribution is -0.122. The van der Waals surface area contributed by atoms with Gasteiger partial charge in [-0.3, -0.25) is 9.69 Å². The molecule has 0 atom stereocenters. The van der Waals surface area contributed by atoms with Crippen molar-refractivity contribution in [2.24, 2.45) is 0 Å². The Bertz CT molecular complexity index is 527. The molecule has 1 heterocycles. The fourth-order valence-corrected chi connectivity index (χ4v) is 2.97. The summed E-state index contributed by atoms with van der Waals surface area (Å²) in [5, 5.41) is 0. The molecule has 1 aromatic carbocycles. The van der Waals surface area contributed by atoms with Gasteiger partial charge in [-0.25, -0.2) is 4.39 Å². The Morgan fingerprint density at radius 1 is 1.50 bits per heavy atom. The van der Waals surface area contributed by atoms with Crippen LogP contribution in [0, 0.1) is 5.82 Å². The maximum absolute atomic E-state index is 13.1. The second kappa shape index (κ2) is 5.63. The van der Waals surface area contributed by atoms with Crippen LogP contribution in [-0.4, -0.2) is 21.7 Å². The molecular weight excluding hydrogens is 269 g/mol. The van der Waals surface area contributed by atoms with Gasteiger partial charge in [0.05, 0.1) is 4.91 Å². The van der Waals surface area contributed by atoms with Crippen LogP contribution in [0.15, 0.2) is 29.2 Å². The lowest BCUT2D eigenvalue weighted by Crippen LogP contribution is -2.28. The SMILES string of the molecule is CCCN1C(=O)/C(=C/c2cccc(F)c2)SC1=S. The van der Waals surface area contributed by atoms with Gasteiger partial charge in [-0.2, -0.15) is 0 Å². The van der Waals surface area contributed by atoms with Gasteiger partial charge >= 0.3 is 0 Å². The van der Waals surface area contributed by atoms with Crippen molar-refractivity contribution in [2.45, 2.75) is 13.3 Å². The van der Waals surface area contributed by atoms with Crippen molar-refractivity contribution in [2.75, 3.05) is 6.54 Å². The first kappa shape index (κ1) is 13.2. The lowest BCUT2D eigenvalue weighted by atomic mass is 10.2. The van der Waals surface area contributed by atoms with E-state index in [1.807, 2.05) is 6.92 Å². The smallest absolute Gasteiger partial charge is 0.266 e. The predicted molar refractivity (Wildman–Crippen MR) is 76.6 cm³/mol. The van der Waals surface area contributed by atoms with Crippen molar-refractivity contribution in [1.82, 2.24) is 4.90 Å². The van der Waals surface area contributed by atoms with E-state index < -0.39 is 0 Å². The van der Waals surface area contributed by atoms with E-state index in [2.05, 4.69) is 0 Å². The molecule has 1 fully saturated rings. The Labute approximate surface area is 115 Å². The number of amides is 1. The number of hydrogen-bond donors (Lipinski definition) is 0. The largest absolute Gasteiger partial charge is 0.293 e. The summed E-state index contributed by atoms with van der Waals surface area (Å²) in [7, 11) is 0. The van der Waals surface area contributed by atoms with E-state index in [0.717, 1.165) is 6.42 Å². The van der Waals surface area contributed by atoms with Crippen molar-refractivity contribution >= 4 is 40.3 Å². The molecule has 0 unspecified atom stereocenters. The summed E-state index contributed by atoms with van der Waals surface area (Å²) in [5.74, 6) is -0.399. The zero-order valence-electron chi connectivity index (χ0n) is 9.85. The van der Waals surface area contributed by atoms with Crippen LogP contribution in [0.1, 0.15) is 18.9 Å². The van der Waals surface area contributed by atoms with Gasteiger partial charge in [-0.05, 0) is 30.2 Å². The van der Waals surface area contributed by atoms with E-state index in [4.69, 9.17) is 12.2 Å². The highest BCUT2D eigenvalue weighted by Gasteiger charge is 2.31. The van der Waals surface area contributed by atoms with Gasteiger partial charge in [0.1, 0.15) is 10.1 Å². The molecule has 0 N–H and O–H groups in total. The molecule has 2 nitrogen and oxygen atoms in total. The number of thiocarbonyl (C=S) groups is 1. The molecule has 0 saturated carbocycles. The van der Waals surface area contributed by atoms with Crippen LogP contribution >= 0.6 is 24.0 Å². The van der Waals surface area contributed by atoms with Gasteiger partial charge in [0.15, 0.2) is 0 Å². The number of carbonyl (C=O) groups excluding carboxylic acids is 1. The number of benzene rings is 1. The van der Waals surface area contributed by atoms with Crippen LogP contribution in [0.5, 0.6) is 0 Å². The number of carbonyl (C=O) groups is 1. The number of hydrogen-bond acceptors (Lipinski definition) is 3. The highest BCUT2D eigenvalue weighted by atomic mass is 32.2. The maximum Gasteiger partial charge on any atom is 0.266 e. The molecular formula is C13H12FNOS2. The van der Waals surface area contributed by atoms with E-state index in [1.165, 1.54) is 23.9 Å². The Morgan fingerprint density at radius 3 is 2.94 bits per heavy atom. The van der Waals surface area contributed by atoms with Crippen molar-refractivity contribution in [3.8, 4) is 0 Å². The molecule has 0 spiro atoms. The van der Waals surface area contributed by atoms with Crippen molar-refractivity contribution in [3.05, 3.63) is 40.6 Å². The molecule has 2 rings (SSSR count). The minimum atomic E-state index is -0.312. The van der Waals surface area contributed by atoms with Crippen molar-refractivity contribution < 1.29 is 9.18 Å². The minimum absolute atomic E-state index is 0.0869. The summed E-state index contributed by atoms with van der Waals surface area (Å²) in [6.07, 6.45) is 2.54. The quantitative estimate of drug-likeness (QED) is 0.625. The Morgan fingerprint density at radius 2 is 2.28 bits per heavy atom. The molecule has 1 aliphatic rings. The highest BCUT2D eigenvalue weighted by molar-refractivity contribution is 8.26. The normalized spacial score (nSPS) is 17.9. The first-order valence-corrected chi connectivity index (χ1v) is 6.85. The molecule has 0 radical (unpaired) electrons. The second-order valence-electron chi connectivity index (χ2n) is 3.89. The second-order valence-corrected chi connectivity index (χ2v) is 5.56. The molecule has 0 bridgehead atoms. The van der Waals surface area contributed by atoms with E-state index in [1.54, 1.807) is 23.1 Å². The van der Waals surface area contributed by atoms with Crippen LogP contribution in [0.2, 0.25) is 0 Å².